The van der Waals surface area contributed by atoms with Gasteiger partial charge in [0.05, 0.1) is 5.69 Å². The van der Waals surface area contributed by atoms with Crippen LogP contribution in [0.5, 0.6) is 0 Å². The lowest BCUT2D eigenvalue weighted by molar-refractivity contribution is 0.249. The number of para-hydroxylation sites is 1. The van der Waals surface area contributed by atoms with Crippen LogP contribution in [0.2, 0.25) is 0 Å². The van der Waals surface area contributed by atoms with E-state index in [1.807, 2.05) is 12.1 Å². The largest absolute Gasteiger partial charge is 0.383 e. The van der Waals surface area contributed by atoms with E-state index in [1.165, 1.54) is 6.07 Å². The molecule has 0 saturated carbocycles. The quantitative estimate of drug-likeness (QED) is 0.883. The Morgan fingerprint density at radius 2 is 1.82 bits per heavy atom. The molecular weight excluding hydrogens is 283 g/mol. The molecule has 22 heavy (non-hydrogen) atoms. The molecule has 1 fully saturated rings. The maximum Gasteiger partial charge on any atom is 0.221 e. The molecule has 1 aliphatic heterocycles. The standard InChI is InChI=1S/C15H19FN6/c16-12-3-1-2-4-13(12)22-7-5-21(6-8-22)10-11-9-19-15(18)20-14(11)17/h1-4,9H,5-8,10H2,(H4,17,18,19,20). The Morgan fingerprint density at radius 1 is 1.09 bits per heavy atom. The summed E-state index contributed by atoms with van der Waals surface area (Å²) in [6.07, 6.45) is 1.67. The van der Waals surface area contributed by atoms with Crippen molar-refractivity contribution in [1.82, 2.24) is 14.9 Å². The van der Waals surface area contributed by atoms with Crippen molar-refractivity contribution >= 4 is 17.5 Å². The SMILES string of the molecule is Nc1ncc(CN2CCN(c3ccccc3F)CC2)c(N)n1. The van der Waals surface area contributed by atoms with Gasteiger partial charge in [-0.05, 0) is 12.1 Å². The molecule has 1 aromatic carbocycles. The first-order valence-electron chi connectivity index (χ1n) is 7.22. The number of benzene rings is 1. The van der Waals surface area contributed by atoms with E-state index >= 15 is 0 Å². The van der Waals surface area contributed by atoms with Crippen molar-refractivity contribution in [2.24, 2.45) is 0 Å². The van der Waals surface area contributed by atoms with E-state index in [-0.39, 0.29) is 11.8 Å². The van der Waals surface area contributed by atoms with E-state index in [4.69, 9.17) is 11.5 Å². The van der Waals surface area contributed by atoms with Crippen LogP contribution < -0.4 is 16.4 Å². The second-order valence-electron chi connectivity index (χ2n) is 5.35. The minimum atomic E-state index is -0.174. The first-order chi connectivity index (χ1) is 10.6. The van der Waals surface area contributed by atoms with E-state index in [1.54, 1.807) is 12.3 Å². The first-order valence-corrected chi connectivity index (χ1v) is 7.22. The monoisotopic (exact) mass is 302 g/mol. The van der Waals surface area contributed by atoms with Crippen LogP contribution in [0.1, 0.15) is 5.56 Å². The summed E-state index contributed by atoms with van der Waals surface area (Å²) >= 11 is 0. The van der Waals surface area contributed by atoms with Gasteiger partial charge in [-0.2, -0.15) is 4.98 Å². The van der Waals surface area contributed by atoms with Crippen LogP contribution in [0.4, 0.5) is 21.8 Å². The summed E-state index contributed by atoms with van der Waals surface area (Å²) in [5.41, 5.74) is 12.9. The molecule has 2 heterocycles. The zero-order chi connectivity index (χ0) is 15.5. The Kier molecular flexibility index (Phi) is 4.06. The number of hydrogen-bond donors (Lipinski definition) is 2. The molecule has 0 aliphatic carbocycles. The summed E-state index contributed by atoms with van der Waals surface area (Å²) in [6, 6.07) is 6.88. The molecule has 3 rings (SSSR count). The van der Waals surface area contributed by atoms with Gasteiger partial charge in [0.1, 0.15) is 11.6 Å². The lowest BCUT2D eigenvalue weighted by Crippen LogP contribution is -2.46. The van der Waals surface area contributed by atoms with Gasteiger partial charge in [-0.3, -0.25) is 4.90 Å². The van der Waals surface area contributed by atoms with Gasteiger partial charge in [0.2, 0.25) is 5.95 Å². The third kappa shape index (κ3) is 3.09. The third-order valence-corrected chi connectivity index (χ3v) is 3.88. The van der Waals surface area contributed by atoms with E-state index in [0.29, 0.717) is 18.1 Å². The lowest BCUT2D eigenvalue weighted by Gasteiger charge is -2.36. The molecule has 1 aliphatic rings. The van der Waals surface area contributed by atoms with Crippen LogP contribution in [0.15, 0.2) is 30.5 Å². The number of rotatable bonds is 3. The van der Waals surface area contributed by atoms with Gasteiger partial charge in [0.25, 0.3) is 0 Å². The summed E-state index contributed by atoms with van der Waals surface area (Å²) in [5, 5.41) is 0. The van der Waals surface area contributed by atoms with Crippen molar-refractivity contribution in [3.8, 4) is 0 Å². The normalized spacial score (nSPS) is 16.0. The molecule has 0 unspecified atom stereocenters. The fourth-order valence-electron chi connectivity index (χ4n) is 2.65. The summed E-state index contributed by atoms with van der Waals surface area (Å²) in [6.45, 7) is 3.89. The Hall–Kier alpha value is -2.41. The van der Waals surface area contributed by atoms with Crippen LogP contribution in [-0.2, 0) is 6.54 Å². The number of halogens is 1. The fraction of sp³-hybridized carbons (Fsp3) is 0.333. The summed E-state index contributed by atoms with van der Waals surface area (Å²) in [4.78, 5) is 12.3. The van der Waals surface area contributed by atoms with Crippen LogP contribution in [0, 0.1) is 5.82 Å². The Balaban J connectivity index is 1.61. The predicted octanol–water partition coefficient (Wildman–Crippen LogP) is 1.10. The molecule has 0 spiro atoms. The number of anilines is 3. The number of aromatic nitrogens is 2. The van der Waals surface area contributed by atoms with Crippen molar-refractivity contribution in [2.75, 3.05) is 42.5 Å². The van der Waals surface area contributed by atoms with Crippen molar-refractivity contribution < 1.29 is 4.39 Å². The maximum absolute atomic E-state index is 13.8. The van der Waals surface area contributed by atoms with Crippen LogP contribution in [0.25, 0.3) is 0 Å². The molecule has 2 aromatic rings. The highest BCUT2D eigenvalue weighted by Gasteiger charge is 2.20. The molecule has 7 heteroatoms. The van der Waals surface area contributed by atoms with Gasteiger partial charge in [0, 0.05) is 44.5 Å². The van der Waals surface area contributed by atoms with E-state index in [9.17, 15) is 4.39 Å². The van der Waals surface area contributed by atoms with Gasteiger partial charge in [-0.1, -0.05) is 12.1 Å². The highest BCUT2D eigenvalue weighted by molar-refractivity contribution is 5.48. The molecule has 4 N–H and O–H groups in total. The van der Waals surface area contributed by atoms with Gasteiger partial charge in [-0.25, -0.2) is 9.37 Å². The summed E-state index contributed by atoms with van der Waals surface area (Å²) in [5.74, 6) is 0.432. The van der Waals surface area contributed by atoms with Crippen LogP contribution in [0.3, 0.4) is 0 Å². The Bertz CT molecular complexity index is 654. The Morgan fingerprint density at radius 3 is 2.50 bits per heavy atom. The van der Waals surface area contributed by atoms with E-state index in [2.05, 4.69) is 19.8 Å². The second-order valence-corrected chi connectivity index (χ2v) is 5.35. The Labute approximate surface area is 128 Å². The number of nitrogens with zero attached hydrogens (tertiary/aromatic N) is 4. The number of nitrogens with two attached hydrogens (primary N) is 2. The fourth-order valence-corrected chi connectivity index (χ4v) is 2.65. The molecule has 1 aromatic heterocycles. The number of piperazine rings is 1. The highest BCUT2D eigenvalue weighted by Crippen LogP contribution is 2.21. The molecule has 116 valence electrons. The van der Waals surface area contributed by atoms with Gasteiger partial charge in [-0.15, -0.1) is 0 Å². The summed E-state index contributed by atoms with van der Waals surface area (Å²) < 4.78 is 13.8. The zero-order valence-corrected chi connectivity index (χ0v) is 12.2. The zero-order valence-electron chi connectivity index (χ0n) is 12.2. The van der Waals surface area contributed by atoms with E-state index < -0.39 is 0 Å². The topological polar surface area (TPSA) is 84.3 Å². The third-order valence-electron chi connectivity index (χ3n) is 3.88. The molecule has 0 radical (unpaired) electrons. The minimum Gasteiger partial charge on any atom is -0.383 e. The molecule has 1 saturated heterocycles. The minimum absolute atomic E-state index is 0.174. The lowest BCUT2D eigenvalue weighted by atomic mass is 10.2. The average Bonchev–Trinajstić information content (AvgIpc) is 2.51. The number of nitrogen functional groups attached to an aromatic ring is 2. The summed E-state index contributed by atoms with van der Waals surface area (Å²) in [7, 11) is 0. The molecular formula is C15H19FN6. The van der Waals surface area contributed by atoms with Crippen molar-refractivity contribution in [2.45, 2.75) is 6.54 Å². The highest BCUT2D eigenvalue weighted by atomic mass is 19.1. The predicted molar refractivity (Wildman–Crippen MR) is 84.7 cm³/mol. The van der Waals surface area contributed by atoms with Crippen molar-refractivity contribution in [1.29, 1.82) is 0 Å². The molecule has 6 nitrogen and oxygen atoms in total. The second kappa shape index (κ2) is 6.15. The van der Waals surface area contributed by atoms with Gasteiger partial charge in [0.15, 0.2) is 0 Å². The average molecular weight is 302 g/mol. The molecule has 0 atom stereocenters. The van der Waals surface area contributed by atoms with Crippen molar-refractivity contribution in [3.63, 3.8) is 0 Å². The number of hydrogen-bond acceptors (Lipinski definition) is 6. The van der Waals surface area contributed by atoms with Crippen LogP contribution >= 0.6 is 0 Å². The van der Waals surface area contributed by atoms with Gasteiger partial charge >= 0.3 is 0 Å². The first kappa shape index (κ1) is 14.5. The maximum atomic E-state index is 13.8. The van der Waals surface area contributed by atoms with E-state index in [0.717, 1.165) is 31.7 Å². The van der Waals surface area contributed by atoms with Crippen LogP contribution in [-0.4, -0.2) is 41.0 Å². The van der Waals surface area contributed by atoms with Gasteiger partial charge < -0.3 is 16.4 Å². The molecule has 0 bridgehead atoms. The van der Waals surface area contributed by atoms with Crippen molar-refractivity contribution in [3.05, 3.63) is 41.8 Å². The molecule has 0 amide bonds. The smallest absolute Gasteiger partial charge is 0.221 e.